The Hall–Kier alpha value is -3.41. The monoisotopic (exact) mass is 336 g/mol. The van der Waals surface area contributed by atoms with Crippen molar-refractivity contribution in [1.29, 1.82) is 0 Å². The highest BCUT2D eigenvalue weighted by molar-refractivity contribution is 6.05. The van der Waals surface area contributed by atoms with Gasteiger partial charge in [0.2, 0.25) is 0 Å². The van der Waals surface area contributed by atoms with Crippen LogP contribution in [0.1, 0.15) is 15.9 Å². The molecule has 0 spiro atoms. The van der Waals surface area contributed by atoms with E-state index in [2.05, 4.69) is 15.6 Å². The maximum absolute atomic E-state index is 12.9. The minimum atomic E-state index is -0.273. The summed E-state index contributed by atoms with van der Waals surface area (Å²) in [6, 6.07) is 18.5. The maximum Gasteiger partial charge on any atom is 0.255 e. The molecule has 6 heteroatoms. The van der Waals surface area contributed by atoms with Crippen molar-refractivity contribution >= 4 is 23.2 Å². The Kier molecular flexibility index (Phi) is 4.89. The van der Waals surface area contributed by atoms with Crippen LogP contribution in [0.3, 0.4) is 0 Å². The molecule has 1 amide bonds. The SMILES string of the molecule is Nc1nc(NCc2ccc(F)cc2)ccc1NC(=O)c1ccccc1. The smallest absolute Gasteiger partial charge is 0.255 e. The Morgan fingerprint density at radius 2 is 1.72 bits per heavy atom. The number of halogens is 1. The molecular weight excluding hydrogens is 319 g/mol. The van der Waals surface area contributed by atoms with E-state index in [0.29, 0.717) is 23.6 Å². The second kappa shape index (κ2) is 7.44. The molecule has 25 heavy (non-hydrogen) atoms. The van der Waals surface area contributed by atoms with Crippen LogP contribution in [-0.2, 0) is 6.54 Å². The lowest BCUT2D eigenvalue weighted by molar-refractivity contribution is 0.102. The summed E-state index contributed by atoms with van der Waals surface area (Å²) < 4.78 is 12.9. The fourth-order valence-corrected chi connectivity index (χ4v) is 2.26. The molecule has 0 atom stereocenters. The molecule has 0 aliphatic rings. The van der Waals surface area contributed by atoms with Crippen LogP contribution in [-0.4, -0.2) is 10.9 Å². The zero-order chi connectivity index (χ0) is 17.6. The molecule has 0 bridgehead atoms. The van der Waals surface area contributed by atoms with Gasteiger partial charge >= 0.3 is 0 Å². The first-order valence-corrected chi connectivity index (χ1v) is 7.73. The zero-order valence-electron chi connectivity index (χ0n) is 13.4. The molecule has 0 aliphatic carbocycles. The number of nitrogens with zero attached hydrogens (tertiary/aromatic N) is 1. The van der Waals surface area contributed by atoms with Gasteiger partial charge in [-0.2, -0.15) is 0 Å². The summed E-state index contributed by atoms with van der Waals surface area (Å²) >= 11 is 0. The van der Waals surface area contributed by atoms with E-state index in [4.69, 9.17) is 5.73 Å². The van der Waals surface area contributed by atoms with Gasteiger partial charge < -0.3 is 16.4 Å². The number of hydrogen-bond donors (Lipinski definition) is 3. The van der Waals surface area contributed by atoms with E-state index in [1.165, 1.54) is 12.1 Å². The lowest BCUT2D eigenvalue weighted by Gasteiger charge is -2.11. The Morgan fingerprint density at radius 1 is 1.00 bits per heavy atom. The quantitative estimate of drug-likeness (QED) is 0.664. The highest BCUT2D eigenvalue weighted by Gasteiger charge is 2.09. The third kappa shape index (κ3) is 4.32. The average Bonchev–Trinajstić information content (AvgIpc) is 2.64. The van der Waals surface area contributed by atoms with Gasteiger partial charge in [-0.15, -0.1) is 0 Å². The van der Waals surface area contributed by atoms with E-state index >= 15 is 0 Å². The summed E-state index contributed by atoms with van der Waals surface area (Å²) in [5, 5.41) is 5.85. The topological polar surface area (TPSA) is 80.0 Å². The fourth-order valence-electron chi connectivity index (χ4n) is 2.26. The van der Waals surface area contributed by atoms with E-state index < -0.39 is 0 Å². The zero-order valence-corrected chi connectivity index (χ0v) is 13.4. The van der Waals surface area contributed by atoms with Crippen molar-refractivity contribution in [3.05, 3.63) is 83.7 Å². The first kappa shape index (κ1) is 16.4. The van der Waals surface area contributed by atoms with Gasteiger partial charge in [0.1, 0.15) is 17.5 Å². The van der Waals surface area contributed by atoms with Crippen LogP contribution in [0.5, 0.6) is 0 Å². The number of aromatic nitrogens is 1. The van der Waals surface area contributed by atoms with E-state index in [-0.39, 0.29) is 17.5 Å². The predicted octanol–water partition coefficient (Wildman–Crippen LogP) is 3.67. The maximum atomic E-state index is 12.9. The molecular formula is C19H17FN4O. The molecule has 126 valence electrons. The van der Waals surface area contributed by atoms with Crippen molar-refractivity contribution < 1.29 is 9.18 Å². The Morgan fingerprint density at radius 3 is 2.40 bits per heavy atom. The highest BCUT2D eigenvalue weighted by atomic mass is 19.1. The molecule has 5 nitrogen and oxygen atoms in total. The molecule has 4 N–H and O–H groups in total. The van der Waals surface area contributed by atoms with Gasteiger partial charge in [0.15, 0.2) is 0 Å². The number of benzene rings is 2. The summed E-state index contributed by atoms with van der Waals surface area (Å²) in [6.45, 7) is 0.489. The number of anilines is 3. The lowest BCUT2D eigenvalue weighted by atomic mass is 10.2. The molecule has 0 radical (unpaired) electrons. The summed E-state index contributed by atoms with van der Waals surface area (Å²) in [7, 11) is 0. The number of carbonyl (C=O) groups excluding carboxylic acids is 1. The predicted molar refractivity (Wildman–Crippen MR) is 96.8 cm³/mol. The Bertz CT molecular complexity index is 866. The summed E-state index contributed by atoms with van der Waals surface area (Å²) in [6.07, 6.45) is 0. The number of rotatable bonds is 5. The summed E-state index contributed by atoms with van der Waals surface area (Å²) in [4.78, 5) is 16.4. The van der Waals surface area contributed by atoms with Gasteiger partial charge in [-0.1, -0.05) is 30.3 Å². The van der Waals surface area contributed by atoms with Crippen LogP contribution in [0.25, 0.3) is 0 Å². The van der Waals surface area contributed by atoms with Crippen molar-refractivity contribution in [2.45, 2.75) is 6.54 Å². The standard InChI is InChI=1S/C19H17FN4O/c20-15-8-6-13(7-9-15)12-22-17-11-10-16(18(21)24-17)23-19(25)14-4-2-1-3-5-14/h1-11H,12H2,(H,23,25)(H3,21,22,24). The normalized spacial score (nSPS) is 10.3. The molecule has 0 saturated heterocycles. The molecule has 0 unspecified atom stereocenters. The number of nitrogens with two attached hydrogens (primary N) is 1. The number of nitrogens with one attached hydrogen (secondary N) is 2. The van der Waals surface area contributed by atoms with Crippen molar-refractivity contribution in [2.75, 3.05) is 16.4 Å². The van der Waals surface area contributed by atoms with Crippen molar-refractivity contribution in [1.82, 2.24) is 4.98 Å². The first-order chi connectivity index (χ1) is 12.1. The highest BCUT2D eigenvalue weighted by Crippen LogP contribution is 2.20. The van der Waals surface area contributed by atoms with Crippen molar-refractivity contribution in [2.24, 2.45) is 0 Å². The van der Waals surface area contributed by atoms with Gasteiger partial charge in [-0.3, -0.25) is 4.79 Å². The van der Waals surface area contributed by atoms with Crippen LogP contribution >= 0.6 is 0 Å². The van der Waals surface area contributed by atoms with E-state index in [1.807, 2.05) is 6.07 Å². The van der Waals surface area contributed by atoms with Gasteiger partial charge in [0.25, 0.3) is 5.91 Å². The number of amides is 1. The van der Waals surface area contributed by atoms with E-state index in [1.54, 1.807) is 48.5 Å². The Balaban J connectivity index is 1.64. The fraction of sp³-hybridized carbons (Fsp3) is 0.0526. The number of nitrogen functional groups attached to an aromatic ring is 1. The summed E-state index contributed by atoms with van der Waals surface area (Å²) in [5.41, 5.74) is 7.83. The minimum Gasteiger partial charge on any atom is -0.382 e. The van der Waals surface area contributed by atoms with E-state index in [0.717, 1.165) is 5.56 Å². The van der Waals surface area contributed by atoms with Crippen LogP contribution in [0.4, 0.5) is 21.7 Å². The van der Waals surface area contributed by atoms with Crippen LogP contribution < -0.4 is 16.4 Å². The molecule has 0 fully saturated rings. The third-order valence-electron chi connectivity index (χ3n) is 3.60. The van der Waals surface area contributed by atoms with Gasteiger partial charge in [-0.05, 0) is 42.0 Å². The van der Waals surface area contributed by atoms with E-state index in [9.17, 15) is 9.18 Å². The lowest BCUT2D eigenvalue weighted by Crippen LogP contribution is -2.14. The van der Waals surface area contributed by atoms with Gasteiger partial charge in [0, 0.05) is 12.1 Å². The van der Waals surface area contributed by atoms with Gasteiger partial charge in [0.05, 0.1) is 5.69 Å². The van der Waals surface area contributed by atoms with Crippen molar-refractivity contribution in [3.63, 3.8) is 0 Å². The summed E-state index contributed by atoms with van der Waals surface area (Å²) in [5.74, 6) is 0.263. The third-order valence-corrected chi connectivity index (χ3v) is 3.60. The molecule has 0 saturated carbocycles. The molecule has 3 rings (SSSR count). The molecule has 0 aliphatic heterocycles. The average molecular weight is 336 g/mol. The molecule has 1 heterocycles. The minimum absolute atomic E-state index is 0.216. The first-order valence-electron chi connectivity index (χ1n) is 7.73. The molecule has 3 aromatic rings. The van der Waals surface area contributed by atoms with Gasteiger partial charge in [-0.25, -0.2) is 9.37 Å². The van der Waals surface area contributed by atoms with Crippen LogP contribution in [0.15, 0.2) is 66.7 Å². The number of hydrogen-bond acceptors (Lipinski definition) is 4. The second-order valence-corrected chi connectivity index (χ2v) is 5.43. The largest absolute Gasteiger partial charge is 0.382 e. The number of pyridine rings is 1. The molecule has 1 aromatic heterocycles. The van der Waals surface area contributed by atoms with Crippen molar-refractivity contribution in [3.8, 4) is 0 Å². The van der Waals surface area contributed by atoms with Crippen LogP contribution in [0.2, 0.25) is 0 Å². The second-order valence-electron chi connectivity index (χ2n) is 5.43. The van der Waals surface area contributed by atoms with Crippen LogP contribution in [0, 0.1) is 5.82 Å². The number of carbonyl (C=O) groups is 1. The Labute approximate surface area is 144 Å². The molecule has 2 aromatic carbocycles.